The van der Waals surface area contributed by atoms with Gasteiger partial charge in [-0.3, -0.25) is 4.79 Å². The zero-order chi connectivity index (χ0) is 12.4. The highest BCUT2D eigenvalue weighted by Crippen LogP contribution is 2.16. The highest BCUT2D eigenvalue weighted by atomic mass is 16.2. The second-order valence-electron chi connectivity index (χ2n) is 4.13. The number of rotatable bonds is 2. The third-order valence-corrected chi connectivity index (χ3v) is 2.67. The van der Waals surface area contributed by atoms with E-state index >= 15 is 0 Å². The molecular formula is C13H15N3O. The Morgan fingerprint density at radius 3 is 2.76 bits per heavy atom. The van der Waals surface area contributed by atoms with Crippen LogP contribution < -0.4 is 5.32 Å². The van der Waals surface area contributed by atoms with Crippen molar-refractivity contribution in [2.45, 2.75) is 13.8 Å². The summed E-state index contributed by atoms with van der Waals surface area (Å²) in [5.41, 5.74) is 2.99. The first-order chi connectivity index (χ1) is 8.08. The van der Waals surface area contributed by atoms with E-state index in [1.807, 2.05) is 32.0 Å². The van der Waals surface area contributed by atoms with Crippen molar-refractivity contribution >= 4 is 11.6 Å². The van der Waals surface area contributed by atoms with Gasteiger partial charge < -0.3 is 9.88 Å². The number of hydrogen-bond acceptors (Lipinski definition) is 2. The van der Waals surface area contributed by atoms with Gasteiger partial charge in [0.1, 0.15) is 0 Å². The van der Waals surface area contributed by atoms with Crippen LogP contribution in [0, 0.1) is 13.8 Å². The van der Waals surface area contributed by atoms with Crippen LogP contribution in [-0.4, -0.2) is 15.5 Å². The predicted molar refractivity (Wildman–Crippen MR) is 67.1 cm³/mol. The maximum Gasteiger partial charge on any atom is 0.291 e. The second-order valence-corrected chi connectivity index (χ2v) is 4.13. The van der Waals surface area contributed by atoms with Gasteiger partial charge >= 0.3 is 0 Å². The van der Waals surface area contributed by atoms with E-state index in [9.17, 15) is 4.79 Å². The summed E-state index contributed by atoms with van der Waals surface area (Å²) in [4.78, 5) is 16.0. The largest absolute Gasteiger partial charge is 0.330 e. The lowest BCUT2D eigenvalue weighted by atomic mass is 10.1. The molecule has 88 valence electrons. The van der Waals surface area contributed by atoms with Crippen molar-refractivity contribution in [3.05, 3.63) is 47.5 Å². The van der Waals surface area contributed by atoms with Gasteiger partial charge in [-0.25, -0.2) is 4.98 Å². The maximum atomic E-state index is 12.0. The van der Waals surface area contributed by atoms with Crippen molar-refractivity contribution in [3.8, 4) is 0 Å². The first-order valence-electron chi connectivity index (χ1n) is 5.44. The Labute approximate surface area is 100 Å². The fraction of sp³-hybridized carbons (Fsp3) is 0.231. The number of carbonyl (C=O) groups excluding carboxylic acids is 1. The van der Waals surface area contributed by atoms with Crippen molar-refractivity contribution in [3.63, 3.8) is 0 Å². The van der Waals surface area contributed by atoms with Crippen LogP contribution in [0.1, 0.15) is 21.7 Å². The number of nitrogens with one attached hydrogen (secondary N) is 1. The van der Waals surface area contributed by atoms with E-state index in [2.05, 4.69) is 10.3 Å². The quantitative estimate of drug-likeness (QED) is 0.858. The Balaban J connectivity index is 2.24. The van der Waals surface area contributed by atoms with Gasteiger partial charge in [0, 0.05) is 25.1 Å². The van der Waals surface area contributed by atoms with Gasteiger partial charge in [-0.2, -0.15) is 0 Å². The second kappa shape index (κ2) is 4.41. The van der Waals surface area contributed by atoms with Crippen molar-refractivity contribution in [1.29, 1.82) is 0 Å². The van der Waals surface area contributed by atoms with Crippen molar-refractivity contribution in [2.24, 2.45) is 7.05 Å². The molecule has 1 aromatic heterocycles. The van der Waals surface area contributed by atoms with Crippen LogP contribution in [0.3, 0.4) is 0 Å². The van der Waals surface area contributed by atoms with Gasteiger partial charge in [0.15, 0.2) is 5.82 Å². The molecule has 0 aliphatic heterocycles. The average molecular weight is 229 g/mol. The average Bonchev–Trinajstić information content (AvgIpc) is 2.70. The monoisotopic (exact) mass is 229 g/mol. The number of anilines is 1. The predicted octanol–water partition coefficient (Wildman–Crippen LogP) is 2.29. The van der Waals surface area contributed by atoms with Crippen molar-refractivity contribution in [1.82, 2.24) is 9.55 Å². The molecule has 0 saturated carbocycles. The molecule has 0 aliphatic rings. The molecule has 0 bridgehead atoms. The van der Waals surface area contributed by atoms with Crippen LogP contribution in [0.5, 0.6) is 0 Å². The minimum atomic E-state index is -0.189. The molecule has 0 unspecified atom stereocenters. The molecule has 2 rings (SSSR count). The molecule has 0 radical (unpaired) electrons. The summed E-state index contributed by atoms with van der Waals surface area (Å²) < 4.78 is 1.69. The Bertz CT molecular complexity index is 558. The third kappa shape index (κ3) is 2.36. The maximum absolute atomic E-state index is 12.0. The summed E-state index contributed by atoms with van der Waals surface area (Å²) in [5.74, 6) is 0.220. The Hall–Kier alpha value is -2.10. The lowest BCUT2D eigenvalue weighted by Gasteiger charge is -2.09. The van der Waals surface area contributed by atoms with Gasteiger partial charge in [0.2, 0.25) is 0 Å². The molecule has 0 aliphatic carbocycles. The zero-order valence-electron chi connectivity index (χ0n) is 10.2. The number of nitrogens with zero attached hydrogens (tertiary/aromatic N) is 2. The molecule has 2 aromatic rings. The topological polar surface area (TPSA) is 46.9 Å². The molecule has 1 aromatic carbocycles. The molecule has 0 saturated heterocycles. The van der Waals surface area contributed by atoms with E-state index in [0.717, 1.165) is 16.8 Å². The highest BCUT2D eigenvalue weighted by molar-refractivity contribution is 6.02. The SMILES string of the molecule is Cc1ccc(C)c(NC(=O)c2nccn2C)c1. The van der Waals surface area contributed by atoms with E-state index in [-0.39, 0.29) is 5.91 Å². The van der Waals surface area contributed by atoms with Gasteiger partial charge in [-0.05, 0) is 31.0 Å². The zero-order valence-corrected chi connectivity index (χ0v) is 10.2. The van der Waals surface area contributed by atoms with E-state index < -0.39 is 0 Å². The molecule has 1 amide bonds. The van der Waals surface area contributed by atoms with E-state index in [4.69, 9.17) is 0 Å². The number of imidazole rings is 1. The van der Waals surface area contributed by atoms with Crippen molar-refractivity contribution in [2.75, 3.05) is 5.32 Å². The van der Waals surface area contributed by atoms with Crippen LogP contribution in [0.25, 0.3) is 0 Å². The molecule has 0 spiro atoms. The number of benzene rings is 1. The third-order valence-electron chi connectivity index (χ3n) is 2.67. The van der Waals surface area contributed by atoms with Gasteiger partial charge in [-0.1, -0.05) is 12.1 Å². The van der Waals surface area contributed by atoms with Crippen LogP contribution in [-0.2, 0) is 7.05 Å². The number of aromatic nitrogens is 2. The number of hydrogen-bond donors (Lipinski definition) is 1. The number of aryl methyl sites for hydroxylation is 3. The van der Waals surface area contributed by atoms with Crippen LogP contribution in [0.15, 0.2) is 30.6 Å². The summed E-state index contributed by atoms with van der Waals surface area (Å²) in [6, 6.07) is 5.96. The molecular weight excluding hydrogens is 214 g/mol. The number of carbonyl (C=O) groups is 1. The van der Waals surface area contributed by atoms with Gasteiger partial charge in [0.05, 0.1) is 0 Å². The minimum absolute atomic E-state index is 0.189. The normalized spacial score (nSPS) is 10.3. The smallest absolute Gasteiger partial charge is 0.291 e. The molecule has 17 heavy (non-hydrogen) atoms. The summed E-state index contributed by atoms with van der Waals surface area (Å²) in [6.45, 7) is 3.96. The van der Waals surface area contributed by atoms with Gasteiger partial charge in [0.25, 0.3) is 5.91 Å². The van der Waals surface area contributed by atoms with Crippen LogP contribution >= 0.6 is 0 Å². The molecule has 1 N–H and O–H groups in total. The summed E-state index contributed by atoms with van der Waals surface area (Å²) in [5, 5.41) is 2.87. The van der Waals surface area contributed by atoms with Crippen molar-refractivity contribution < 1.29 is 4.79 Å². The Morgan fingerprint density at radius 2 is 2.12 bits per heavy atom. The summed E-state index contributed by atoms with van der Waals surface area (Å²) >= 11 is 0. The minimum Gasteiger partial charge on any atom is -0.330 e. The molecule has 1 heterocycles. The van der Waals surface area contributed by atoms with E-state index in [1.54, 1.807) is 24.0 Å². The first kappa shape index (κ1) is 11.4. The lowest BCUT2D eigenvalue weighted by molar-refractivity contribution is 0.101. The Morgan fingerprint density at radius 1 is 1.35 bits per heavy atom. The van der Waals surface area contributed by atoms with Crippen LogP contribution in [0.4, 0.5) is 5.69 Å². The molecule has 0 fully saturated rings. The number of amides is 1. The lowest BCUT2D eigenvalue weighted by Crippen LogP contribution is -2.17. The standard InChI is InChI=1S/C13H15N3O/c1-9-4-5-10(2)11(8-9)15-13(17)12-14-6-7-16(12)3/h4-8H,1-3H3,(H,15,17). The molecule has 4 nitrogen and oxygen atoms in total. The molecule has 0 atom stereocenters. The molecule has 4 heteroatoms. The summed E-state index contributed by atoms with van der Waals surface area (Å²) in [7, 11) is 1.80. The fourth-order valence-corrected chi connectivity index (χ4v) is 1.63. The highest BCUT2D eigenvalue weighted by Gasteiger charge is 2.11. The van der Waals surface area contributed by atoms with Gasteiger partial charge in [-0.15, -0.1) is 0 Å². The van der Waals surface area contributed by atoms with Crippen LogP contribution in [0.2, 0.25) is 0 Å². The summed E-state index contributed by atoms with van der Waals surface area (Å²) in [6.07, 6.45) is 3.36. The van der Waals surface area contributed by atoms with E-state index in [0.29, 0.717) is 5.82 Å². The first-order valence-corrected chi connectivity index (χ1v) is 5.44. The van der Waals surface area contributed by atoms with E-state index in [1.165, 1.54) is 0 Å². The fourth-order valence-electron chi connectivity index (χ4n) is 1.63. The Kier molecular flexibility index (Phi) is 2.95.